The van der Waals surface area contributed by atoms with E-state index >= 15 is 0 Å². The molecule has 1 aliphatic heterocycles. The molecule has 1 fully saturated rings. The van der Waals surface area contributed by atoms with Crippen molar-refractivity contribution in [2.24, 2.45) is 5.92 Å². The lowest BCUT2D eigenvalue weighted by Crippen LogP contribution is -2.59. The van der Waals surface area contributed by atoms with Crippen molar-refractivity contribution in [2.45, 2.75) is 26.1 Å². The average molecular weight is 314 g/mol. The number of rotatable bonds is 2. The van der Waals surface area contributed by atoms with Crippen LogP contribution in [0.15, 0.2) is 24.3 Å². The Balaban J connectivity index is 2.24. The van der Waals surface area contributed by atoms with E-state index in [1.807, 2.05) is 13.8 Å². The van der Waals surface area contributed by atoms with Gasteiger partial charge in [0.15, 0.2) is 0 Å². The van der Waals surface area contributed by atoms with Crippen molar-refractivity contribution in [3.8, 4) is 0 Å². The van der Waals surface area contributed by atoms with Crippen LogP contribution in [0.25, 0.3) is 0 Å². The van der Waals surface area contributed by atoms with Crippen LogP contribution in [0.1, 0.15) is 29.8 Å². The topological polar surface area (TPSA) is 49.4 Å². The third-order valence-corrected chi connectivity index (χ3v) is 3.61. The molecular weight excluding hydrogens is 297 g/mol. The largest absolute Gasteiger partial charge is 0.416 e. The van der Waals surface area contributed by atoms with Crippen LogP contribution in [0.2, 0.25) is 0 Å². The predicted molar refractivity (Wildman–Crippen MR) is 74.1 cm³/mol. The first-order valence-corrected chi connectivity index (χ1v) is 6.97. The highest BCUT2D eigenvalue weighted by atomic mass is 19.4. The zero-order valence-electron chi connectivity index (χ0n) is 12.3. The van der Waals surface area contributed by atoms with Gasteiger partial charge in [-0.2, -0.15) is 13.2 Å². The van der Waals surface area contributed by atoms with Gasteiger partial charge in [0, 0.05) is 18.7 Å². The second-order valence-corrected chi connectivity index (χ2v) is 5.55. The van der Waals surface area contributed by atoms with Gasteiger partial charge in [-0.3, -0.25) is 9.59 Å². The number of carbonyl (C=O) groups is 2. The second kappa shape index (κ2) is 5.98. The molecule has 1 atom stereocenters. The van der Waals surface area contributed by atoms with E-state index in [9.17, 15) is 22.8 Å². The summed E-state index contributed by atoms with van der Waals surface area (Å²) in [5.41, 5.74) is -0.658. The summed E-state index contributed by atoms with van der Waals surface area (Å²) in [6, 6.07) is 3.44. The molecule has 22 heavy (non-hydrogen) atoms. The first kappa shape index (κ1) is 16.3. The third kappa shape index (κ3) is 3.23. The molecule has 2 rings (SSSR count). The van der Waals surface area contributed by atoms with Gasteiger partial charge >= 0.3 is 6.18 Å². The van der Waals surface area contributed by atoms with Gasteiger partial charge < -0.3 is 10.2 Å². The molecule has 0 radical (unpaired) electrons. The van der Waals surface area contributed by atoms with E-state index in [2.05, 4.69) is 5.32 Å². The Hall–Kier alpha value is -2.05. The minimum atomic E-state index is -4.44. The molecule has 0 aliphatic carbocycles. The lowest BCUT2D eigenvalue weighted by Gasteiger charge is -2.37. The Kier molecular flexibility index (Phi) is 4.44. The molecule has 7 heteroatoms. The Bertz CT molecular complexity index is 567. The number of amides is 2. The van der Waals surface area contributed by atoms with Crippen molar-refractivity contribution in [3.05, 3.63) is 35.4 Å². The van der Waals surface area contributed by atoms with Crippen LogP contribution in [-0.2, 0) is 11.0 Å². The lowest BCUT2D eigenvalue weighted by atomic mass is 9.98. The first-order valence-electron chi connectivity index (χ1n) is 6.97. The minimum absolute atomic E-state index is 0.0845. The van der Waals surface area contributed by atoms with Gasteiger partial charge in [-0.05, 0) is 30.2 Å². The van der Waals surface area contributed by atoms with E-state index in [-0.39, 0.29) is 17.4 Å². The summed E-state index contributed by atoms with van der Waals surface area (Å²) in [6.07, 6.45) is -4.44. The Morgan fingerprint density at radius 2 is 1.86 bits per heavy atom. The van der Waals surface area contributed by atoms with E-state index in [1.165, 1.54) is 4.90 Å². The van der Waals surface area contributed by atoms with Gasteiger partial charge in [-0.25, -0.2) is 0 Å². The van der Waals surface area contributed by atoms with E-state index in [0.717, 1.165) is 24.3 Å². The molecule has 0 aromatic heterocycles. The zero-order chi connectivity index (χ0) is 16.5. The lowest BCUT2D eigenvalue weighted by molar-refractivity contribution is -0.137. The maximum Gasteiger partial charge on any atom is 0.416 e. The Morgan fingerprint density at radius 1 is 1.27 bits per heavy atom. The Labute approximate surface area is 126 Å². The van der Waals surface area contributed by atoms with E-state index in [1.54, 1.807) is 0 Å². The van der Waals surface area contributed by atoms with Crippen LogP contribution in [0.3, 0.4) is 0 Å². The highest BCUT2D eigenvalue weighted by Crippen LogP contribution is 2.29. The smallest absolute Gasteiger partial charge is 0.353 e. The molecule has 1 aliphatic rings. The van der Waals surface area contributed by atoms with Gasteiger partial charge in [-0.15, -0.1) is 0 Å². The van der Waals surface area contributed by atoms with Crippen LogP contribution >= 0.6 is 0 Å². The number of alkyl halides is 3. The van der Waals surface area contributed by atoms with Gasteiger partial charge in [0.2, 0.25) is 5.91 Å². The number of benzene rings is 1. The molecular formula is C15H17F3N2O2. The summed E-state index contributed by atoms with van der Waals surface area (Å²) < 4.78 is 37.6. The van der Waals surface area contributed by atoms with E-state index in [0.29, 0.717) is 13.1 Å². The van der Waals surface area contributed by atoms with Crippen molar-refractivity contribution in [2.75, 3.05) is 13.1 Å². The van der Waals surface area contributed by atoms with Crippen molar-refractivity contribution in [1.29, 1.82) is 0 Å². The van der Waals surface area contributed by atoms with Crippen LogP contribution < -0.4 is 5.32 Å². The van der Waals surface area contributed by atoms with Crippen LogP contribution in [0.4, 0.5) is 13.2 Å². The van der Waals surface area contributed by atoms with Crippen molar-refractivity contribution in [1.82, 2.24) is 10.2 Å². The molecule has 0 saturated carbocycles. The monoisotopic (exact) mass is 314 g/mol. The normalized spacial score (nSPS) is 19.3. The fraction of sp³-hybridized carbons (Fsp3) is 0.467. The number of piperazine rings is 1. The van der Waals surface area contributed by atoms with Crippen LogP contribution in [0, 0.1) is 5.92 Å². The summed E-state index contributed by atoms with van der Waals surface area (Å²) in [5.74, 6) is -0.748. The average Bonchev–Trinajstić information content (AvgIpc) is 2.45. The van der Waals surface area contributed by atoms with E-state index < -0.39 is 23.7 Å². The zero-order valence-corrected chi connectivity index (χ0v) is 12.3. The number of nitrogens with one attached hydrogen (secondary N) is 1. The fourth-order valence-corrected chi connectivity index (χ4v) is 2.54. The van der Waals surface area contributed by atoms with Crippen molar-refractivity contribution >= 4 is 11.8 Å². The number of hydrogen-bond acceptors (Lipinski definition) is 2. The van der Waals surface area contributed by atoms with Gasteiger partial charge in [0.25, 0.3) is 5.91 Å². The molecule has 120 valence electrons. The van der Waals surface area contributed by atoms with Gasteiger partial charge in [0.05, 0.1) is 5.56 Å². The molecule has 1 aromatic carbocycles. The maximum absolute atomic E-state index is 12.5. The molecule has 1 N–H and O–H groups in total. The highest BCUT2D eigenvalue weighted by molar-refractivity contribution is 5.98. The van der Waals surface area contributed by atoms with Crippen molar-refractivity contribution < 1.29 is 22.8 Å². The van der Waals surface area contributed by atoms with E-state index in [4.69, 9.17) is 0 Å². The molecule has 1 aromatic rings. The second-order valence-electron chi connectivity index (χ2n) is 5.55. The molecule has 1 saturated heterocycles. The first-order chi connectivity index (χ1) is 10.2. The van der Waals surface area contributed by atoms with Crippen LogP contribution in [0.5, 0.6) is 0 Å². The Morgan fingerprint density at radius 3 is 2.36 bits per heavy atom. The quantitative estimate of drug-likeness (QED) is 0.910. The molecule has 4 nitrogen and oxygen atoms in total. The summed E-state index contributed by atoms with van der Waals surface area (Å²) in [4.78, 5) is 25.8. The van der Waals surface area contributed by atoms with Crippen LogP contribution in [-0.4, -0.2) is 35.8 Å². The molecule has 0 bridgehead atoms. The number of nitrogens with zero attached hydrogens (tertiary/aromatic N) is 1. The maximum atomic E-state index is 12.5. The summed E-state index contributed by atoms with van der Waals surface area (Å²) in [5, 5.41) is 2.70. The number of halogens is 3. The third-order valence-electron chi connectivity index (χ3n) is 3.61. The van der Waals surface area contributed by atoms with Crippen molar-refractivity contribution in [3.63, 3.8) is 0 Å². The van der Waals surface area contributed by atoms with Gasteiger partial charge in [0.1, 0.15) is 6.04 Å². The minimum Gasteiger partial charge on any atom is -0.353 e. The number of carbonyl (C=O) groups excluding carboxylic acids is 2. The molecule has 1 unspecified atom stereocenters. The fourth-order valence-electron chi connectivity index (χ4n) is 2.54. The van der Waals surface area contributed by atoms with Gasteiger partial charge in [-0.1, -0.05) is 13.8 Å². The molecule has 1 heterocycles. The summed E-state index contributed by atoms with van der Waals surface area (Å²) >= 11 is 0. The summed E-state index contributed by atoms with van der Waals surface area (Å²) in [7, 11) is 0. The predicted octanol–water partition coefficient (Wildman–Crippen LogP) is 2.30. The number of hydrogen-bond donors (Lipinski definition) is 1. The SMILES string of the molecule is CC(C)C1C(=O)NCCN1C(=O)c1ccc(C(F)(F)F)cc1. The summed E-state index contributed by atoms with van der Waals surface area (Å²) in [6.45, 7) is 4.33. The highest BCUT2D eigenvalue weighted by Gasteiger charge is 2.36. The molecule has 0 spiro atoms. The molecule has 2 amide bonds. The standard InChI is InChI=1S/C15H17F3N2O2/c1-9(2)12-13(21)19-7-8-20(12)14(22)10-3-5-11(6-4-10)15(16,17)18/h3-6,9,12H,7-8H2,1-2H3,(H,19,21).